The van der Waals surface area contributed by atoms with Crippen molar-refractivity contribution in [3.8, 4) is 11.3 Å². The van der Waals surface area contributed by atoms with Crippen LogP contribution in [0.15, 0.2) is 35.4 Å². The Morgan fingerprint density at radius 3 is 2.50 bits per heavy atom. The second-order valence-electron chi connectivity index (χ2n) is 7.62. The lowest BCUT2D eigenvalue weighted by molar-refractivity contribution is -0.661. The molecule has 1 nitrogen and oxygen atoms in total. The quantitative estimate of drug-likeness (QED) is 0.493. The van der Waals surface area contributed by atoms with Gasteiger partial charge in [-0.15, -0.1) is 11.8 Å². The van der Waals surface area contributed by atoms with Crippen LogP contribution in [0.3, 0.4) is 0 Å². The Balaban J connectivity index is 2.70. The first-order chi connectivity index (χ1) is 13.1. The summed E-state index contributed by atoms with van der Waals surface area (Å²) in [6.45, 7) is 9.75. The summed E-state index contributed by atoms with van der Waals surface area (Å²) in [5, 5.41) is 0.309. The fraction of sp³-hybridized carbons (Fsp3) is 0.500. The van der Waals surface area contributed by atoms with Crippen LogP contribution in [0.2, 0.25) is 0 Å². The van der Waals surface area contributed by atoms with Gasteiger partial charge in [-0.2, -0.15) is 0 Å². The summed E-state index contributed by atoms with van der Waals surface area (Å²) in [6.07, 6.45) is 0.392. The molecule has 1 aromatic heterocycles. The first-order valence-corrected chi connectivity index (χ1v) is 9.26. The Kier molecular flexibility index (Phi) is 3.96. The monoisotopic (exact) mass is 347 g/mol. The van der Waals surface area contributed by atoms with Crippen LogP contribution < -0.4 is 4.57 Å². The van der Waals surface area contributed by atoms with Gasteiger partial charge in [-0.05, 0) is 37.2 Å². The maximum atomic E-state index is 8.79. The van der Waals surface area contributed by atoms with E-state index < -0.39 is 18.6 Å². The third-order valence-electron chi connectivity index (χ3n) is 3.61. The van der Waals surface area contributed by atoms with Crippen LogP contribution in [0.5, 0.6) is 0 Å². The second-order valence-corrected chi connectivity index (χ2v) is 9.24. The molecule has 0 saturated heterocycles. The summed E-state index contributed by atoms with van der Waals surface area (Å²) in [7, 11) is 1.92. The van der Waals surface area contributed by atoms with Crippen LogP contribution in [-0.2, 0) is 13.4 Å². The zero-order chi connectivity index (χ0) is 22.4. The summed E-state index contributed by atoms with van der Waals surface area (Å²) in [5.74, 6) is 0. The third-order valence-corrected chi connectivity index (χ3v) is 4.67. The predicted octanol–water partition coefficient (Wildman–Crippen LogP) is 5.88. The number of aromatic nitrogens is 1. The van der Waals surface area contributed by atoms with E-state index in [2.05, 4.69) is 13.8 Å². The number of benzene rings is 1. The lowest BCUT2D eigenvalue weighted by Crippen LogP contribution is -2.32. The Morgan fingerprint density at radius 1 is 1.25 bits per heavy atom. The number of pyridine rings is 1. The number of hydrogen-bond donors (Lipinski definition) is 0. The molecular formula is C22H32NS+. The van der Waals surface area contributed by atoms with E-state index in [-0.39, 0.29) is 0 Å². The third kappa shape index (κ3) is 4.86. The average Bonchev–Trinajstić information content (AvgIpc) is 2.54. The molecule has 130 valence electrons. The smallest absolute Gasteiger partial charge is 0.201 e. The first-order valence-electron chi connectivity index (χ1n) is 10.9. The van der Waals surface area contributed by atoms with E-state index >= 15 is 0 Å². The van der Waals surface area contributed by atoms with E-state index in [1.165, 1.54) is 0 Å². The molecule has 2 aromatic rings. The fourth-order valence-electron chi connectivity index (χ4n) is 2.70. The summed E-state index contributed by atoms with van der Waals surface area (Å²) < 4.78 is 42.4. The number of thioether (sulfide) groups is 1. The summed E-state index contributed by atoms with van der Waals surface area (Å²) in [6, 6.07) is 7.28. The zero-order valence-electron chi connectivity index (χ0n) is 20.8. The van der Waals surface area contributed by atoms with Crippen LogP contribution in [0.4, 0.5) is 0 Å². The SMILES string of the molecule is [2H]C([2H])([2H])c1ccc(-c2cc(SC(C)C)c(C([2H])([2H])C(C)(C)C)c[n+]2C)c(C)c1. The number of nitrogens with zero attached hydrogens (tertiary/aromatic N) is 1. The van der Waals surface area contributed by atoms with Gasteiger partial charge in [0.05, 0.1) is 0 Å². The summed E-state index contributed by atoms with van der Waals surface area (Å²) >= 11 is 1.66. The average molecular weight is 348 g/mol. The minimum atomic E-state index is -2.13. The van der Waals surface area contributed by atoms with Gasteiger partial charge >= 0.3 is 0 Å². The van der Waals surface area contributed by atoms with Gasteiger partial charge in [-0.25, -0.2) is 4.57 Å². The zero-order valence-corrected chi connectivity index (χ0v) is 16.6. The molecule has 1 heterocycles. The van der Waals surface area contributed by atoms with Crippen molar-refractivity contribution >= 4 is 11.8 Å². The molecule has 0 atom stereocenters. The fourth-order valence-corrected chi connectivity index (χ4v) is 3.62. The molecular weight excluding hydrogens is 310 g/mol. The molecule has 0 spiro atoms. The van der Waals surface area contributed by atoms with Gasteiger partial charge < -0.3 is 0 Å². The highest BCUT2D eigenvalue weighted by atomic mass is 32.2. The minimum Gasteiger partial charge on any atom is -0.201 e. The lowest BCUT2D eigenvalue weighted by atomic mass is 9.88. The van der Waals surface area contributed by atoms with Crippen molar-refractivity contribution in [3.05, 3.63) is 47.2 Å². The van der Waals surface area contributed by atoms with Crippen LogP contribution in [0.25, 0.3) is 11.3 Å². The van der Waals surface area contributed by atoms with Crippen molar-refractivity contribution in [2.75, 3.05) is 0 Å². The van der Waals surface area contributed by atoms with Crippen molar-refractivity contribution in [2.24, 2.45) is 12.5 Å². The maximum absolute atomic E-state index is 8.79. The highest BCUT2D eigenvalue weighted by molar-refractivity contribution is 8.00. The maximum Gasteiger partial charge on any atom is 0.213 e. The molecule has 0 aliphatic carbocycles. The van der Waals surface area contributed by atoms with Crippen molar-refractivity contribution in [2.45, 2.75) is 64.9 Å². The van der Waals surface area contributed by atoms with Gasteiger partial charge in [0.15, 0.2) is 6.20 Å². The Hall–Kier alpha value is -1.28. The van der Waals surface area contributed by atoms with E-state index in [9.17, 15) is 0 Å². The van der Waals surface area contributed by atoms with Gasteiger partial charge in [-0.3, -0.25) is 0 Å². The van der Waals surface area contributed by atoms with Crippen LogP contribution in [0, 0.1) is 19.2 Å². The van der Waals surface area contributed by atoms with Crippen molar-refractivity contribution < 1.29 is 11.4 Å². The van der Waals surface area contributed by atoms with Gasteiger partial charge in [0.25, 0.3) is 0 Å². The normalized spacial score (nSPS) is 16.2. The highest BCUT2D eigenvalue weighted by Crippen LogP contribution is 2.33. The first kappa shape index (κ1) is 13.0. The Bertz CT molecular complexity index is 895. The Labute approximate surface area is 159 Å². The van der Waals surface area contributed by atoms with Crippen LogP contribution >= 0.6 is 11.8 Å². The van der Waals surface area contributed by atoms with Gasteiger partial charge in [-0.1, -0.05) is 52.3 Å². The van der Waals surface area contributed by atoms with Crippen molar-refractivity contribution in [1.29, 1.82) is 0 Å². The van der Waals surface area contributed by atoms with Gasteiger partial charge in [0.1, 0.15) is 7.05 Å². The molecule has 0 aliphatic heterocycles. The molecule has 0 amide bonds. The molecule has 0 bridgehead atoms. The molecule has 2 rings (SSSR count). The topological polar surface area (TPSA) is 3.88 Å². The van der Waals surface area contributed by atoms with Crippen LogP contribution in [-0.4, -0.2) is 5.25 Å². The summed E-state index contributed by atoms with van der Waals surface area (Å²) in [4.78, 5) is 0.923. The van der Waals surface area contributed by atoms with E-state index in [1.54, 1.807) is 23.9 Å². The van der Waals surface area contributed by atoms with E-state index in [4.69, 9.17) is 6.85 Å². The summed E-state index contributed by atoms with van der Waals surface area (Å²) in [5.41, 5.74) is 3.25. The van der Waals surface area contributed by atoms with Gasteiger partial charge in [0.2, 0.25) is 5.69 Å². The number of aryl methyl sites for hydroxylation is 3. The van der Waals surface area contributed by atoms with Gasteiger partial charge in [0, 0.05) is 34.2 Å². The largest absolute Gasteiger partial charge is 0.213 e. The molecule has 0 unspecified atom stereocenters. The molecule has 0 radical (unpaired) electrons. The van der Waals surface area contributed by atoms with E-state index in [0.717, 1.165) is 21.7 Å². The van der Waals surface area contributed by atoms with Crippen molar-refractivity contribution in [3.63, 3.8) is 0 Å². The predicted molar refractivity (Wildman–Crippen MR) is 107 cm³/mol. The molecule has 2 heteroatoms. The number of hydrogen-bond acceptors (Lipinski definition) is 1. The molecule has 1 aromatic carbocycles. The van der Waals surface area contributed by atoms with Crippen LogP contribution in [0.1, 0.15) is 58.2 Å². The van der Waals surface area contributed by atoms with Crippen molar-refractivity contribution in [1.82, 2.24) is 0 Å². The molecule has 0 aliphatic rings. The standard InChI is InChI=1S/C22H32NS/c1-15(2)24-21-12-20(19-10-9-16(3)11-17(19)4)23(8)14-18(21)13-22(5,6)7/h9-12,14-15H,13H2,1-8H3/q+1/i3D3,13D2. The minimum absolute atomic E-state index is 0.309. The lowest BCUT2D eigenvalue weighted by Gasteiger charge is -2.20. The van der Waals surface area contributed by atoms with E-state index in [0.29, 0.717) is 16.4 Å². The van der Waals surface area contributed by atoms with E-state index in [1.807, 2.05) is 57.6 Å². The Morgan fingerprint density at radius 2 is 1.96 bits per heavy atom. The second kappa shape index (κ2) is 7.31. The molecule has 24 heavy (non-hydrogen) atoms. The number of rotatable bonds is 4. The highest BCUT2D eigenvalue weighted by Gasteiger charge is 2.22. The molecule has 0 N–H and O–H groups in total. The molecule has 0 saturated carbocycles. The molecule has 0 fully saturated rings.